The molecule has 0 bridgehead atoms. The fraction of sp³-hybridized carbons (Fsp3) is 0.375. The summed E-state index contributed by atoms with van der Waals surface area (Å²) in [6.45, 7) is 7.24. The van der Waals surface area contributed by atoms with Crippen molar-refractivity contribution in [3.63, 3.8) is 0 Å². The minimum absolute atomic E-state index is 0.0200. The van der Waals surface area contributed by atoms with Crippen LogP contribution in [0.5, 0.6) is 0 Å². The summed E-state index contributed by atoms with van der Waals surface area (Å²) in [5.41, 5.74) is 2.83. The fourth-order valence-electron chi connectivity index (χ4n) is 3.91. The average Bonchev–Trinajstić information content (AvgIpc) is 2.78. The zero-order valence-corrected chi connectivity index (χ0v) is 19.1. The molecule has 9 nitrogen and oxygen atoms in total. The van der Waals surface area contributed by atoms with Gasteiger partial charge in [0.25, 0.3) is 0 Å². The molecule has 172 valence electrons. The minimum Gasteiger partial charge on any atom is -0.368 e. The molecule has 1 saturated heterocycles. The van der Waals surface area contributed by atoms with E-state index in [1.54, 1.807) is 16.4 Å². The van der Waals surface area contributed by atoms with Crippen LogP contribution in [-0.4, -0.2) is 50.0 Å². The third kappa shape index (κ3) is 5.61. The number of amides is 1. The van der Waals surface area contributed by atoms with Gasteiger partial charge in [-0.1, -0.05) is 12.1 Å². The Labute approximate surface area is 192 Å². The van der Waals surface area contributed by atoms with Crippen molar-refractivity contribution in [3.05, 3.63) is 75.7 Å². The second-order valence-corrected chi connectivity index (χ2v) is 8.16. The first-order chi connectivity index (χ1) is 15.9. The van der Waals surface area contributed by atoms with Crippen molar-refractivity contribution >= 4 is 17.5 Å². The SMILES string of the molecule is Cc1cccc(Nc2cccc([C@@H]3CN(C(=O)CCn4c(C)cc(C)nc4=O)CCO3)n2)n1. The number of aromatic nitrogens is 4. The molecule has 1 fully saturated rings. The van der Waals surface area contributed by atoms with Gasteiger partial charge >= 0.3 is 5.69 Å². The first kappa shape index (κ1) is 22.6. The third-order valence-corrected chi connectivity index (χ3v) is 5.56. The van der Waals surface area contributed by atoms with Gasteiger partial charge < -0.3 is 15.0 Å². The van der Waals surface area contributed by atoms with Gasteiger partial charge in [-0.25, -0.2) is 14.8 Å². The maximum absolute atomic E-state index is 12.9. The van der Waals surface area contributed by atoms with Crippen LogP contribution in [0.15, 0.2) is 47.3 Å². The maximum Gasteiger partial charge on any atom is 0.347 e. The number of pyridine rings is 2. The standard InChI is InChI=1S/C24H28N6O3/c1-16-6-4-8-21(25-16)28-22-9-5-7-19(27-22)20-15-29(12-13-33-20)23(31)10-11-30-18(3)14-17(2)26-24(30)32/h4-9,14,20H,10-13,15H2,1-3H3,(H,25,27,28)/t20-/m0/s1. The molecule has 0 aliphatic carbocycles. The van der Waals surface area contributed by atoms with E-state index in [0.29, 0.717) is 37.8 Å². The van der Waals surface area contributed by atoms with E-state index in [4.69, 9.17) is 4.74 Å². The molecule has 1 atom stereocenters. The zero-order valence-electron chi connectivity index (χ0n) is 19.1. The number of morpholine rings is 1. The summed E-state index contributed by atoms with van der Waals surface area (Å²) in [6, 6.07) is 13.3. The summed E-state index contributed by atoms with van der Waals surface area (Å²) >= 11 is 0. The molecule has 1 aliphatic heterocycles. The van der Waals surface area contributed by atoms with E-state index in [1.165, 1.54) is 0 Å². The highest BCUT2D eigenvalue weighted by Gasteiger charge is 2.26. The predicted octanol–water partition coefficient (Wildman–Crippen LogP) is 2.69. The number of ether oxygens (including phenoxy) is 1. The molecule has 1 amide bonds. The molecule has 4 rings (SSSR count). The number of hydrogen-bond donors (Lipinski definition) is 1. The molecule has 0 unspecified atom stereocenters. The summed E-state index contributed by atoms with van der Waals surface area (Å²) < 4.78 is 7.46. The van der Waals surface area contributed by atoms with Crippen LogP contribution in [0, 0.1) is 20.8 Å². The van der Waals surface area contributed by atoms with Crippen molar-refractivity contribution < 1.29 is 9.53 Å². The number of rotatable bonds is 6. The number of nitrogens with zero attached hydrogens (tertiary/aromatic N) is 5. The van der Waals surface area contributed by atoms with Crippen LogP contribution in [0.3, 0.4) is 0 Å². The molecule has 4 heterocycles. The predicted molar refractivity (Wildman–Crippen MR) is 124 cm³/mol. The van der Waals surface area contributed by atoms with Crippen molar-refractivity contribution in [2.24, 2.45) is 0 Å². The van der Waals surface area contributed by atoms with Crippen LogP contribution in [0.2, 0.25) is 0 Å². The fourth-order valence-corrected chi connectivity index (χ4v) is 3.91. The topological polar surface area (TPSA) is 102 Å². The van der Waals surface area contributed by atoms with Gasteiger partial charge in [-0.2, -0.15) is 4.98 Å². The van der Waals surface area contributed by atoms with E-state index in [0.717, 1.165) is 22.9 Å². The number of aryl methyl sites for hydroxylation is 3. The normalized spacial score (nSPS) is 16.0. The van der Waals surface area contributed by atoms with E-state index in [-0.39, 0.29) is 24.1 Å². The Morgan fingerprint density at radius 3 is 2.58 bits per heavy atom. The highest BCUT2D eigenvalue weighted by Crippen LogP contribution is 2.23. The first-order valence-electron chi connectivity index (χ1n) is 11.0. The van der Waals surface area contributed by atoms with Gasteiger partial charge in [0.2, 0.25) is 5.91 Å². The largest absolute Gasteiger partial charge is 0.368 e. The maximum atomic E-state index is 12.9. The van der Waals surface area contributed by atoms with Crippen LogP contribution < -0.4 is 11.0 Å². The van der Waals surface area contributed by atoms with Crippen molar-refractivity contribution in [3.8, 4) is 0 Å². The second-order valence-electron chi connectivity index (χ2n) is 8.16. The van der Waals surface area contributed by atoms with Gasteiger partial charge in [-0.05, 0) is 51.1 Å². The van der Waals surface area contributed by atoms with Crippen molar-refractivity contribution in [1.29, 1.82) is 0 Å². The zero-order chi connectivity index (χ0) is 23.4. The summed E-state index contributed by atoms with van der Waals surface area (Å²) in [4.78, 5) is 39.9. The lowest BCUT2D eigenvalue weighted by molar-refractivity contribution is -0.139. The van der Waals surface area contributed by atoms with Gasteiger partial charge in [-0.3, -0.25) is 9.36 Å². The van der Waals surface area contributed by atoms with Crippen LogP contribution in [0.4, 0.5) is 11.6 Å². The van der Waals surface area contributed by atoms with Crippen molar-refractivity contribution in [2.75, 3.05) is 25.0 Å². The van der Waals surface area contributed by atoms with E-state index in [1.807, 2.05) is 56.3 Å². The van der Waals surface area contributed by atoms with Crippen molar-refractivity contribution in [2.45, 2.75) is 39.8 Å². The molecular formula is C24H28N6O3. The molecular weight excluding hydrogens is 420 g/mol. The van der Waals surface area contributed by atoms with Crippen molar-refractivity contribution in [1.82, 2.24) is 24.4 Å². The molecule has 0 radical (unpaired) electrons. The van der Waals surface area contributed by atoms with E-state index in [2.05, 4.69) is 20.3 Å². The Morgan fingerprint density at radius 1 is 1.06 bits per heavy atom. The molecule has 1 aliphatic rings. The van der Waals surface area contributed by atoms with Crippen LogP contribution in [0.1, 0.15) is 35.3 Å². The number of hydrogen-bond acceptors (Lipinski definition) is 7. The van der Waals surface area contributed by atoms with Crippen LogP contribution in [-0.2, 0) is 16.1 Å². The second kappa shape index (κ2) is 9.91. The van der Waals surface area contributed by atoms with Gasteiger partial charge in [0.15, 0.2) is 0 Å². The lowest BCUT2D eigenvalue weighted by Gasteiger charge is -2.33. The number of carbonyl (C=O) groups is 1. The highest BCUT2D eigenvalue weighted by molar-refractivity contribution is 5.76. The summed E-state index contributed by atoms with van der Waals surface area (Å²) in [7, 11) is 0. The van der Waals surface area contributed by atoms with Crippen LogP contribution >= 0.6 is 0 Å². The van der Waals surface area contributed by atoms with Gasteiger partial charge in [0.1, 0.15) is 17.7 Å². The lowest BCUT2D eigenvalue weighted by atomic mass is 10.1. The Morgan fingerprint density at radius 2 is 1.82 bits per heavy atom. The van der Waals surface area contributed by atoms with E-state index < -0.39 is 0 Å². The summed E-state index contributed by atoms with van der Waals surface area (Å²) in [6.07, 6.45) is -0.0906. The lowest BCUT2D eigenvalue weighted by Crippen LogP contribution is -2.43. The molecule has 3 aromatic rings. The molecule has 1 N–H and O–H groups in total. The molecule has 9 heteroatoms. The quantitative estimate of drug-likeness (QED) is 0.618. The molecule has 0 spiro atoms. The Hall–Kier alpha value is -3.59. The number of anilines is 2. The minimum atomic E-state index is -0.322. The molecule has 0 saturated carbocycles. The highest BCUT2D eigenvalue weighted by atomic mass is 16.5. The van der Waals surface area contributed by atoms with E-state index in [9.17, 15) is 9.59 Å². The van der Waals surface area contributed by atoms with Gasteiger partial charge in [0, 0.05) is 36.6 Å². The smallest absolute Gasteiger partial charge is 0.347 e. The first-order valence-corrected chi connectivity index (χ1v) is 11.0. The monoisotopic (exact) mass is 448 g/mol. The number of nitrogens with one attached hydrogen (secondary N) is 1. The third-order valence-electron chi connectivity index (χ3n) is 5.56. The molecule has 33 heavy (non-hydrogen) atoms. The summed E-state index contributed by atoms with van der Waals surface area (Å²) in [5, 5.41) is 3.21. The van der Waals surface area contributed by atoms with Crippen LogP contribution in [0.25, 0.3) is 0 Å². The Balaban J connectivity index is 1.40. The summed E-state index contributed by atoms with van der Waals surface area (Å²) in [5.74, 6) is 1.37. The average molecular weight is 449 g/mol. The number of carbonyl (C=O) groups excluding carboxylic acids is 1. The molecule has 3 aromatic heterocycles. The van der Waals surface area contributed by atoms with Gasteiger partial charge in [-0.15, -0.1) is 0 Å². The Bertz CT molecular complexity index is 1210. The Kier molecular flexibility index (Phi) is 6.79. The molecule has 0 aromatic carbocycles. The van der Waals surface area contributed by atoms with Gasteiger partial charge in [0.05, 0.1) is 18.8 Å². The van der Waals surface area contributed by atoms with E-state index >= 15 is 0 Å².